The molecule has 0 N–H and O–H groups in total. The summed E-state index contributed by atoms with van der Waals surface area (Å²) >= 11 is 3.42. The standard InChI is InChI=1S/C14H19BrN2O2/c1-17(13-3-2-11(15)10-16-13)12-4-6-14(7-5-12)18-8-9-19-14/h2-3,10,12H,4-9H2,1H3. The van der Waals surface area contributed by atoms with Crippen LogP contribution in [0.2, 0.25) is 0 Å². The van der Waals surface area contributed by atoms with Crippen molar-refractivity contribution in [3.8, 4) is 0 Å². The van der Waals surface area contributed by atoms with Crippen molar-refractivity contribution < 1.29 is 9.47 Å². The Labute approximate surface area is 122 Å². The molecule has 0 amide bonds. The zero-order valence-electron chi connectivity index (χ0n) is 11.1. The summed E-state index contributed by atoms with van der Waals surface area (Å²) in [7, 11) is 2.12. The molecule has 19 heavy (non-hydrogen) atoms. The maximum Gasteiger partial charge on any atom is 0.168 e. The van der Waals surface area contributed by atoms with Crippen LogP contribution in [0.25, 0.3) is 0 Å². The van der Waals surface area contributed by atoms with E-state index in [1.807, 2.05) is 12.3 Å². The molecule has 3 rings (SSSR count). The van der Waals surface area contributed by atoms with Crippen molar-refractivity contribution in [1.82, 2.24) is 4.98 Å². The molecule has 2 fully saturated rings. The van der Waals surface area contributed by atoms with Gasteiger partial charge in [-0.25, -0.2) is 4.98 Å². The summed E-state index contributed by atoms with van der Waals surface area (Å²) in [5, 5.41) is 0. The average Bonchev–Trinajstić information content (AvgIpc) is 2.88. The molecule has 1 saturated carbocycles. The second kappa shape index (κ2) is 5.38. The molecule has 1 aliphatic heterocycles. The smallest absolute Gasteiger partial charge is 0.168 e. The third kappa shape index (κ3) is 2.78. The Morgan fingerprint density at radius 3 is 2.53 bits per heavy atom. The number of ether oxygens (including phenoxy) is 2. The number of hydrogen-bond donors (Lipinski definition) is 0. The van der Waals surface area contributed by atoms with Crippen molar-refractivity contribution in [1.29, 1.82) is 0 Å². The molecule has 0 atom stereocenters. The highest BCUT2D eigenvalue weighted by Gasteiger charge is 2.41. The summed E-state index contributed by atoms with van der Waals surface area (Å²) < 4.78 is 12.6. The third-order valence-electron chi connectivity index (χ3n) is 4.15. The first-order valence-corrected chi connectivity index (χ1v) is 7.60. The van der Waals surface area contributed by atoms with Crippen molar-refractivity contribution >= 4 is 21.7 Å². The van der Waals surface area contributed by atoms with Gasteiger partial charge < -0.3 is 14.4 Å². The molecule has 5 heteroatoms. The van der Waals surface area contributed by atoms with Gasteiger partial charge in [-0.1, -0.05) is 0 Å². The molecule has 4 nitrogen and oxygen atoms in total. The number of pyridine rings is 1. The molecule has 0 bridgehead atoms. The Balaban J connectivity index is 1.63. The lowest BCUT2D eigenvalue weighted by Crippen LogP contribution is -2.43. The molecule has 2 aliphatic rings. The fraction of sp³-hybridized carbons (Fsp3) is 0.643. The van der Waals surface area contributed by atoms with Gasteiger partial charge in [-0.2, -0.15) is 0 Å². The largest absolute Gasteiger partial charge is 0.357 e. The second-order valence-electron chi connectivity index (χ2n) is 5.28. The number of aromatic nitrogens is 1. The predicted octanol–water partition coefficient (Wildman–Crippen LogP) is 2.97. The fourth-order valence-electron chi connectivity index (χ4n) is 2.98. The molecule has 1 aliphatic carbocycles. The molecule has 1 spiro atoms. The molecule has 1 saturated heterocycles. The van der Waals surface area contributed by atoms with E-state index in [0.717, 1.165) is 49.2 Å². The molecule has 0 unspecified atom stereocenters. The lowest BCUT2D eigenvalue weighted by molar-refractivity contribution is -0.178. The van der Waals surface area contributed by atoms with E-state index < -0.39 is 0 Å². The van der Waals surface area contributed by atoms with Crippen molar-refractivity contribution in [2.24, 2.45) is 0 Å². The molecule has 2 heterocycles. The van der Waals surface area contributed by atoms with Crippen LogP contribution in [-0.2, 0) is 9.47 Å². The van der Waals surface area contributed by atoms with E-state index in [4.69, 9.17) is 9.47 Å². The van der Waals surface area contributed by atoms with Gasteiger partial charge in [0, 0.05) is 36.6 Å². The van der Waals surface area contributed by atoms with E-state index in [2.05, 4.69) is 38.9 Å². The monoisotopic (exact) mass is 326 g/mol. The van der Waals surface area contributed by atoms with Gasteiger partial charge in [0.2, 0.25) is 0 Å². The average molecular weight is 327 g/mol. The second-order valence-corrected chi connectivity index (χ2v) is 6.20. The van der Waals surface area contributed by atoms with Crippen LogP contribution in [0.15, 0.2) is 22.8 Å². The first kappa shape index (κ1) is 13.3. The highest BCUT2D eigenvalue weighted by atomic mass is 79.9. The quantitative estimate of drug-likeness (QED) is 0.836. The zero-order valence-corrected chi connectivity index (χ0v) is 12.7. The van der Waals surface area contributed by atoms with Crippen LogP contribution in [0.3, 0.4) is 0 Å². The number of halogens is 1. The summed E-state index contributed by atoms with van der Waals surface area (Å²) in [6, 6.07) is 4.61. The number of hydrogen-bond acceptors (Lipinski definition) is 4. The molecule has 0 radical (unpaired) electrons. The summed E-state index contributed by atoms with van der Waals surface area (Å²) in [6.07, 6.45) is 6.00. The molecule has 1 aromatic rings. The predicted molar refractivity (Wildman–Crippen MR) is 77.2 cm³/mol. The Morgan fingerprint density at radius 1 is 1.26 bits per heavy atom. The minimum Gasteiger partial charge on any atom is -0.357 e. The van der Waals surface area contributed by atoms with Crippen LogP contribution in [0.4, 0.5) is 5.82 Å². The number of rotatable bonds is 2. The normalized spacial score (nSPS) is 22.8. The summed E-state index contributed by atoms with van der Waals surface area (Å²) in [5.41, 5.74) is 0. The lowest BCUT2D eigenvalue weighted by Gasteiger charge is -2.39. The zero-order chi connectivity index (χ0) is 13.3. The van der Waals surface area contributed by atoms with Crippen molar-refractivity contribution in [2.75, 3.05) is 25.2 Å². The summed E-state index contributed by atoms with van der Waals surface area (Å²) in [5.74, 6) is 0.752. The topological polar surface area (TPSA) is 34.6 Å². The third-order valence-corrected chi connectivity index (χ3v) is 4.62. The van der Waals surface area contributed by atoms with Crippen LogP contribution in [0.5, 0.6) is 0 Å². The lowest BCUT2D eigenvalue weighted by atomic mass is 9.89. The van der Waals surface area contributed by atoms with Crippen LogP contribution in [0.1, 0.15) is 25.7 Å². The SMILES string of the molecule is CN(c1ccc(Br)cn1)C1CCC2(CC1)OCCO2. The highest BCUT2D eigenvalue weighted by Crippen LogP contribution is 2.37. The Hall–Kier alpha value is -0.650. The minimum absolute atomic E-state index is 0.273. The Kier molecular flexibility index (Phi) is 3.78. The molecule has 1 aromatic heterocycles. The van der Waals surface area contributed by atoms with E-state index in [1.165, 1.54) is 0 Å². The Morgan fingerprint density at radius 2 is 1.95 bits per heavy atom. The van der Waals surface area contributed by atoms with E-state index in [0.29, 0.717) is 6.04 Å². The first-order valence-electron chi connectivity index (χ1n) is 6.81. The minimum atomic E-state index is -0.273. The summed E-state index contributed by atoms with van der Waals surface area (Å²) in [4.78, 5) is 6.73. The van der Waals surface area contributed by atoms with Gasteiger partial charge >= 0.3 is 0 Å². The van der Waals surface area contributed by atoms with Gasteiger partial charge in [0.05, 0.1) is 13.2 Å². The van der Waals surface area contributed by atoms with Crippen LogP contribution in [-0.4, -0.2) is 37.1 Å². The van der Waals surface area contributed by atoms with Gasteiger partial charge in [0.25, 0.3) is 0 Å². The van der Waals surface area contributed by atoms with Crippen molar-refractivity contribution in [3.63, 3.8) is 0 Å². The maximum atomic E-state index is 5.77. The van der Waals surface area contributed by atoms with Gasteiger partial charge in [-0.05, 0) is 40.9 Å². The fourth-order valence-corrected chi connectivity index (χ4v) is 3.21. The number of anilines is 1. The summed E-state index contributed by atoms with van der Waals surface area (Å²) in [6.45, 7) is 1.49. The van der Waals surface area contributed by atoms with Gasteiger partial charge in [-0.15, -0.1) is 0 Å². The molecule has 104 valence electrons. The molecular weight excluding hydrogens is 308 g/mol. The van der Waals surface area contributed by atoms with Gasteiger partial charge in [-0.3, -0.25) is 0 Å². The van der Waals surface area contributed by atoms with E-state index in [1.54, 1.807) is 0 Å². The van der Waals surface area contributed by atoms with E-state index in [9.17, 15) is 0 Å². The van der Waals surface area contributed by atoms with Gasteiger partial charge in [0.15, 0.2) is 5.79 Å². The van der Waals surface area contributed by atoms with E-state index >= 15 is 0 Å². The van der Waals surface area contributed by atoms with E-state index in [-0.39, 0.29) is 5.79 Å². The van der Waals surface area contributed by atoms with Gasteiger partial charge in [0.1, 0.15) is 5.82 Å². The Bertz CT molecular complexity index is 422. The molecular formula is C14H19BrN2O2. The molecule has 0 aromatic carbocycles. The first-order chi connectivity index (χ1) is 9.19. The van der Waals surface area contributed by atoms with Crippen LogP contribution < -0.4 is 4.90 Å². The maximum absolute atomic E-state index is 5.77. The van der Waals surface area contributed by atoms with Crippen LogP contribution in [0, 0.1) is 0 Å². The van der Waals surface area contributed by atoms with Crippen molar-refractivity contribution in [3.05, 3.63) is 22.8 Å². The number of nitrogens with zero attached hydrogens (tertiary/aromatic N) is 2. The highest BCUT2D eigenvalue weighted by molar-refractivity contribution is 9.10. The van der Waals surface area contributed by atoms with Crippen LogP contribution >= 0.6 is 15.9 Å². The van der Waals surface area contributed by atoms with Crippen molar-refractivity contribution in [2.45, 2.75) is 37.5 Å².